The maximum absolute atomic E-state index is 4.84. The molecule has 18 heavy (non-hydrogen) atoms. The molecule has 1 N–H and O–H groups in total. The van der Waals surface area contributed by atoms with Crippen molar-refractivity contribution in [3.05, 3.63) is 17.1 Å². The molecule has 1 aliphatic carbocycles. The molecule has 1 saturated carbocycles. The van der Waals surface area contributed by atoms with Crippen LogP contribution in [0.25, 0.3) is 0 Å². The molecule has 0 spiro atoms. The van der Waals surface area contributed by atoms with Gasteiger partial charge >= 0.3 is 0 Å². The van der Waals surface area contributed by atoms with Crippen molar-refractivity contribution in [2.45, 2.75) is 50.0 Å². The van der Waals surface area contributed by atoms with Crippen molar-refractivity contribution in [1.82, 2.24) is 9.97 Å². The molecule has 0 aromatic carbocycles. The van der Waals surface area contributed by atoms with Gasteiger partial charge in [-0.2, -0.15) is 11.8 Å². The third kappa shape index (κ3) is 2.22. The second kappa shape index (κ2) is 5.08. The molecular formula is C14H21N3S. The van der Waals surface area contributed by atoms with E-state index in [0.29, 0.717) is 5.92 Å². The highest BCUT2D eigenvalue weighted by atomic mass is 32.2. The highest BCUT2D eigenvalue weighted by Gasteiger charge is 2.25. The lowest BCUT2D eigenvalue weighted by Gasteiger charge is -2.25. The Labute approximate surface area is 113 Å². The Hall–Kier alpha value is -0.770. The zero-order chi connectivity index (χ0) is 12.5. The van der Waals surface area contributed by atoms with Crippen LogP contribution in [0.1, 0.15) is 55.6 Å². The van der Waals surface area contributed by atoms with Crippen LogP contribution in [-0.2, 0) is 11.5 Å². The summed E-state index contributed by atoms with van der Waals surface area (Å²) in [6.45, 7) is 2.36. The van der Waals surface area contributed by atoms with Crippen molar-refractivity contribution in [3.8, 4) is 0 Å². The molecule has 0 unspecified atom stereocenters. The number of nitrogens with one attached hydrogen (secondary N) is 1. The normalized spacial score (nSPS) is 27.0. The Morgan fingerprint density at radius 1 is 1.11 bits per heavy atom. The van der Waals surface area contributed by atoms with E-state index in [4.69, 9.17) is 9.97 Å². The minimum Gasteiger partial charge on any atom is -0.373 e. The first-order chi connectivity index (χ1) is 8.78. The minimum absolute atomic E-state index is 0.587. The molecule has 1 fully saturated rings. The Kier molecular flexibility index (Phi) is 3.46. The number of thioether (sulfide) groups is 1. The SMILES string of the molecule is CNc1nc(C2CCC(C)CC2)nc2c1CSC2. The zero-order valence-corrected chi connectivity index (χ0v) is 12.0. The second-order valence-electron chi connectivity index (χ2n) is 5.56. The first-order valence-corrected chi connectivity index (χ1v) is 8.08. The first-order valence-electron chi connectivity index (χ1n) is 6.93. The van der Waals surface area contributed by atoms with Crippen LogP contribution in [0.5, 0.6) is 0 Å². The maximum atomic E-state index is 4.84. The van der Waals surface area contributed by atoms with E-state index in [1.165, 1.54) is 36.9 Å². The van der Waals surface area contributed by atoms with Gasteiger partial charge in [0.05, 0.1) is 5.69 Å². The van der Waals surface area contributed by atoms with Gasteiger partial charge in [0.15, 0.2) is 0 Å². The molecule has 3 rings (SSSR count). The van der Waals surface area contributed by atoms with E-state index in [1.54, 1.807) is 0 Å². The molecule has 3 nitrogen and oxygen atoms in total. The van der Waals surface area contributed by atoms with E-state index in [2.05, 4.69) is 12.2 Å². The van der Waals surface area contributed by atoms with E-state index in [0.717, 1.165) is 29.1 Å². The zero-order valence-electron chi connectivity index (χ0n) is 11.2. The fraction of sp³-hybridized carbons (Fsp3) is 0.714. The van der Waals surface area contributed by atoms with Gasteiger partial charge in [-0.05, 0) is 18.8 Å². The quantitative estimate of drug-likeness (QED) is 0.885. The fourth-order valence-corrected chi connectivity index (χ4v) is 4.02. The molecule has 2 heterocycles. The monoisotopic (exact) mass is 263 g/mol. The predicted octanol–water partition coefficient (Wildman–Crippen LogP) is 3.56. The lowest BCUT2D eigenvalue weighted by atomic mass is 9.82. The molecule has 1 aromatic rings. The van der Waals surface area contributed by atoms with Gasteiger partial charge in [0, 0.05) is 30.0 Å². The molecule has 98 valence electrons. The van der Waals surface area contributed by atoms with Crippen molar-refractivity contribution >= 4 is 17.6 Å². The van der Waals surface area contributed by atoms with E-state index >= 15 is 0 Å². The molecule has 0 bridgehead atoms. The minimum atomic E-state index is 0.587. The summed E-state index contributed by atoms with van der Waals surface area (Å²) in [4.78, 5) is 9.61. The summed E-state index contributed by atoms with van der Waals surface area (Å²) >= 11 is 1.95. The van der Waals surface area contributed by atoms with Crippen LogP contribution in [0.3, 0.4) is 0 Å². The smallest absolute Gasteiger partial charge is 0.134 e. The van der Waals surface area contributed by atoms with Crippen molar-refractivity contribution in [2.75, 3.05) is 12.4 Å². The number of rotatable bonds is 2. The van der Waals surface area contributed by atoms with Gasteiger partial charge in [0.1, 0.15) is 11.6 Å². The van der Waals surface area contributed by atoms with Crippen molar-refractivity contribution in [3.63, 3.8) is 0 Å². The Morgan fingerprint density at radius 2 is 1.89 bits per heavy atom. The van der Waals surface area contributed by atoms with E-state index in [-0.39, 0.29) is 0 Å². The summed E-state index contributed by atoms with van der Waals surface area (Å²) in [7, 11) is 1.97. The molecule has 1 aliphatic heterocycles. The van der Waals surface area contributed by atoms with Gasteiger partial charge in [-0.25, -0.2) is 9.97 Å². The Balaban J connectivity index is 1.88. The molecule has 4 heteroatoms. The van der Waals surface area contributed by atoms with Crippen molar-refractivity contribution in [2.24, 2.45) is 5.92 Å². The van der Waals surface area contributed by atoms with Crippen LogP contribution in [-0.4, -0.2) is 17.0 Å². The molecule has 0 amide bonds. The van der Waals surface area contributed by atoms with Crippen molar-refractivity contribution < 1.29 is 0 Å². The van der Waals surface area contributed by atoms with Crippen LogP contribution in [0.2, 0.25) is 0 Å². The Bertz CT molecular complexity index is 439. The Morgan fingerprint density at radius 3 is 2.61 bits per heavy atom. The summed E-state index contributed by atoms with van der Waals surface area (Å²) in [5.41, 5.74) is 2.60. The summed E-state index contributed by atoms with van der Waals surface area (Å²) < 4.78 is 0. The average molecular weight is 263 g/mol. The molecule has 0 radical (unpaired) electrons. The number of fused-ring (bicyclic) bond motifs is 1. The first kappa shape index (κ1) is 12.3. The van der Waals surface area contributed by atoms with E-state index in [1.807, 2.05) is 18.8 Å². The molecular weight excluding hydrogens is 242 g/mol. The average Bonchev–Trinajstić information content (AvgIpc) is 2.86. The summed E-state index contributed by atoms with van der Waals surface area (Å²) in [5, 5.41) is 3.25. The number of hydrogen-bond acceptors (Lipinski definition) is 4. The van der Waals surface area contributed by atoms with Crippen LogP contribution in [0.15, 0.2) is 0 Å². The largest absolute Gasteiger partial charge is 0.373 e. The highest BCUT2D eigenvalue weighted by molar-refractivity contribution is 7.98. The van der Waals surface area contributed by atoms with E-state index < -0.39 is 0 Å². The third-order valence-corrected chi connectivity index (χ3v) is 5.18. The summed E-state index contributed by atoms with van der Waals surface area (Å²) in [6.07, 6.45) is 5.18. The van der Waals surface area contributed by atoms with Crippen LogP contribution < -0.4 is 5.32 Å². The van der Waals surface area contributed by atoms with Crippen LogP contribution >= 0.6 is 11.8 Å². The number of aromatic nitrogens is 2. The fourth-order valence-electron chi connectivity index (χ4n) is 2.98. The summed E-state index contributed by atoms with van der Waals surface area (Å²) in [5.74, 6) is 5.75. The third-order valence-electron chi connectivity index (χ3n) is 4.21. The van der Waals surface area contributed by atoms with Crippen molar-refractivity contribution in [1.29, 1.82) is 0 Å². The van der Waals surface area contributed by atoms with Gasteiger partial charge in [-0.15, -0.1) is 0 Å². The number of hydrogen-bond donors (Lipinski definition) is 1. The van der Waals surface area contributed by atoms with Gasteiger partial charge in [-0.1, -0.05) is 19.8 Å². The maximum Gasteiger partial charge on any atom is 0.134 e. The van der Waals surface area contributed by atoms with Gasteiger partial charge in [-0.3, -0.25) is 0 Å². The lowest BCUT2D eigenvalue weighted by molar-refractivity contribution is 0.339. The van der Waals surface area contributed by atoms with Crippen LogP contribution in [0, 0.1) is 5.92 Å². The molecule has 1 aromatic heterocycles. The molecule has 2 aliphatic rings. The highest BCUT2D eigenvalue weighted by Crippen LogP contribution is 2.38. The standard InChI is InChI=1S/C14H21N3S/c1-9-3-5-10(6-4-9)13-16-12-8-18-7-11(12)14(15-2)17-13/h9-10H,3-8H2,1-2H3,(H,15,16,17). The van der Waals surface area contributed by atoms with Gasteiger partial charge in [0.2, 0.25) is 0 Å². The van der Waals surface area contributed by atoms with Gasteiger partial charge in [0.25, 0.3) is 0 Å². The van der Waals surface area contributed by atoms with E-state index in [9.17, 15) is 0 Å². The van der Waals surface area contributed by atoms with Crippen LogP contribution in [0.4, 0.5) is 5.82 Å². The molecule has 0 saturated heterocycles. The summed E-state index contributed by atoms with van der Waals surface area (Å²) in [6, 6.07) is 0. The molecule has 0 atom stereocenters. The lowest BCUT2D eigenvalue weighted by Crippen LogP contribution is -2.15. The second-order valence-corrected chi connectivity index (χ2v) is 6.54. The predicted molar refractivity (Wildman–Crippen MR) is 77.0 cm³/mol. The van der Waals surface area contributed by atoms with Gasteiger partial charge < -0.3 is 5.32 Å². The number of nitrogens with zero attached hydrogens (tertiary/aromatic N) is 2. The topological polar surface area (TPSA) is 37.8 Å². The number of anilines is 1.